The van der Waals surface area contributed by atoms with Crippen LogP contribution in [0.5, 0.6) is 11.5 Å². The lowest BCUT2D eigenvalue weighted by Gasteiger charge is -2.41. The van der Waals surface area contributed by atoms with Crippen molar-refractivity contribution in [3.05, 3.63) is 60.2 Å². The van der Waals surface area contributed by atoms with Crippen molar-refractivity contribution in [2.45, 2.75) is 38.3 Å². The van der Waals surface area contributed by atoms with Crippen molar-refractivity contribution in [3.8, 4) is 11.5 Å². The van der Waals surface area contributed by atoms with E-state index >= 15 is 0 Å². The zero-order valence-corrected chi connectivity index (χ0v) is 18.2. The van der Waals surface area contributed by atoms with Gasteiger partial charge in [-0.25, -0.2) is 17.9 Å². The minimum atomic E-state index is -3.38. The predicted molar refractivity (Wildman–Crippen MR) is 117 cm³/mol. The minimum absolute atomic E-state index is 0.161. The molecule has 0 aromatic heterocycles. The molecule has 0 saturated carbocycles. The molecule has 0 spiro atoms. The molecule has 1 heterocycles. The van der Waals surface area contributed by atoms with Crippen molar-refractivity contribution in [2.24, 2.45) is 0 Å². The first-order valence-electron chi connectivity index (χ1n) is 10.2. The SMILES string of the molecule is CCNC(=O)N1CCCC(NS(C)(=O)=O)C1Cc1ccc(Oc2ccccc2)cc1. The lowest BCUT2D eigenvalue weighted by atomic mass is 9.91. The summed E-state index contributed by atoms with van der Waals surface area (Å²) in [5.74, 6) is 1.48. The highest BCUT2D eigenvalue weighted by Crippen LogP contribution is 2.25. The van der Waals surface area contributed by atoms with E-state index in [-0.39, 0.29) is 18.1 Å². The van der Waals surface area contributed by atoms with Gasteiger partial charge in [0.05, 0.1) is 12.3 Å². The molecule has 1 fully saturated rings. The van der Waals surface area contributed by atoms with Gasteiger partial charge in [-0.2, -0.15) is 0 Å². The maximum absolute atomic E-state index is 12.6. The van der Waals surface area contributed by atoms with E-state index in [1.807, 2.05) is 61.5 Å². The van der Waals surface area contributed by atoms with Crippen LogP contribution in [0.3, 0.4) is 0 Å². The number of ether oxygens (including phenoxy) is 1. The number of piperidine rings is 1. The molecule has 2 aromatic rings. The van der Waals surface area contributed by atoms with E-state index in [0.717, 1.165) is 29.7 Å². The Hall–Kier alpha value is -2.58. The van der Waals surface area contributed by atoms with Crippen LogP contribution in [0.2, 0.25) is 0 Å². The fourth-order valence-electron chi connectivity index (χ4n) is 3.79. The first kappa shape index (κ1) is 22.1. The number of amides is 2. The summed E-state index contributed by atoms with van der Waals surface area (Å²) in [6, 6.07) is 16.5. The first-order valence-corrected chi connectivity index (χ1v) is 12.1. The number of hydrogen-bond donors (Lipinski definition) is 2. The lowest BCUT2D eigenvalue weighted by Crippen LogP contribution is -2.59. The number of likely N-dealkylation sites (tertiary alicyclic amines) is 1. The Balaban J connectivity index is 1.76. The van der Waals surface area contributed by atoms with Crippen LogP contribution in [0, 0.1) is 0 Å². The Morgan fingerprint density at radius 3 is 2.40 bits per heavy atom. The number of nitrogens with one attached hydrogen (secondary N) is 2. The molecule has 7 nitrogen and oxygen atoms in total. The standard InChI is InChI=1S/C22H29N3O4S/c1-3-23-22(26)25-15-7-10-20(24-30(2,27)28)21(25)16-17-11-13-19(14-12-17)29-18-8-5-4-6-9-18/h4-6,8-9,11-14,20-21,24H,3,7,10,15-16H2,1-2H3,(H,23,26). The molecule has 1 aliphatic rings. The molecule has 1 aliphatic heterocycles. The molecule has 0 aliphatic carbocycles. The van der Waals surface area contributed by atoms with Crippen LogP contribution >= 0.6 is 0 Å². The summed E-state index contributed by atoms with van der Waals surface area (Å²) in [6.45, 7) is 3.00. The number of para-hydroxylation sites is 1. The van der Waals surface area contributed by atoms with Gasteiger partial charge >= 0.3 is 6.03 Å². The summed E-state index contributed by atoms with van der Waals surface area (Å²) < 4.78 is 32.3. The summed E-state index contributed by atoms with van der Waals surface area (Å²) >= 11 is 0. The van der Waals surface area contributed by atoms with Crippen LogP contribution in [-0.2, 0) is 16.4 Å². The second-order valence-electron chi connectivity index (χ2n) is 7.50. The van der Waals surface area contributed by atoms with Gasteiger partial charge in [-0.15, -0.1) is 0 Å². The van der Waals surface area contributed by atoms with E-state index < -0.39 is 10.0 Å². The summed E-state index contributed by atoms with van der Waals surface area (Å²) in [6.07, 6.45) is 3.16. The third-order valence-corrected chi connectivity index (χ3v) is 5.81. The van der Waals surface area contributed by atoms with E-state index in [1.54, 1.807) is 4.90 Å². The highest BCUT2D eigenvalue weighted by molar-refractivity contribution is 7.88. The second-order valence-corrected chi connectivity index (χ2v) is 9.28. The topological polar surface area (TPSA) is 87.7 Å². The molecule has 8 heteroatoms. The number of benzene rings is 2. The maximum atomic E-state index is 12.6. The fourth-order valence-corrected chi connectivity index (χ4v) is 4.61. The number of rotatable bonds is 7. The van der Waals surface area contributed by atoms with Crippen LogP contribution < -0.4 is 14.8 Å². The van der Waals surface area contributed by atoms with Crippen molar-refractivity contribution in [3.63, 3.8) is 0 Å². The quantitative estimate of drug-likeness (QED) is 0.705. The summed E-state index contributed by atoms with van der Waals surface area (Å²) in [5.41, 5.74) is 1.01. The van der Waals surface area contributed by atoms with E-state index in [0.29, 0.717) is 25.9 Å². The van der Waals surface area contributed by atoms with Gasteiger partial charge in [-0.05, 0) is 56.0 Å². The molecule has 2 unspecified atom stereocenters. The number of nitrogens with zero attached hydrogens (tertiary/aromatic N) is 1. The molecule has 3 rings (SSSR count). The normalized spacial score (nSPS) is 19.3. The van der Waals surface area contributed by atoms with Gasteiger partial charge in [0.2, 0.25) is 10.0 Å². The molecule has 30 heavy (non-hydrogen) atoms. The van der Waals surface area contributed by atoms with Crippen molar-refractivity contribution in [2.75, 3.05) is 19.3 Å². The smallest absolute Gasteiger partial charge is 0.317 e. The molecular formula is C22H29N3O4S. The van der Waals surface area contributed by atoms with Crippen molar-refractivity contribution >= 4 is 16.1 Å². The number of carbonyl (C=O) groups excluding carboxylic acids is 1. The number of hydrogen-bond acceptors (Lipinski definition) is 4. The van der Waals surface area contributed by atoms with Crippen molar-refractivity contribution in [1.82, 2.24) is 14.9 Å². The Bertz CT molecular complexity index is 933. The zero-order chi connectivity index (χ0) is 21.6. The third kappa shape index (κ3) is 6.21. The Morgan fingerprint density at radius 2 is 1.77 bits per heavy atom. The highest BCUT2D eigenvalue weighted by Gasteiger charge is 2.35. The summed E-state index contributed by atoms with van der Waals surface area (Å²) in [4.78, 5) is 14.3. The van der Waals surface area contributed by atoms with Crippen LogP contribution in [0.4, 0.5) is 4.79 Å². The summed E-state index contributed by atoms with van der Waals surface area (Å²) in [5, 5.41) is 2.84. The van der Waals surface area contributed by atoms with Crippen LogP contribution in [0.15, 0.2) is 54.6 Å². The number of carbonyl (C=O) groups is 1. The van der Waals surface area contributed by atoms with E-state index in [1.165, 1.54) is 0 Å². The molecule has 2 N–H and O–H groups in total. The van der Waals surface area contributed by atoms with Crippen LogP contribution in [0.1, 0.15) is 25.3 Å². The Kier molecular flexibility index (Phi) is 7.33. The Labute approximate surface area is 178 Å². The zero-order valence-electron chi connectivity index (χ0n) is 17.4. The van der Waals surface area contributed by atoms with Gasteiger partial charge in [0.25, 0.3) is 0 Å². The molecule has 2 aromatic carbocycles. The molecular weight excluding hydrogens is 402 g/mol. The molecule has 1 saturated heterocycles. The van der Waals surface area contributed by atoms with Gasteiger partial charge < -0.3 is 15.0 Å². The van der Waals surface area contributed by atoms with E-state index in [4.69, 9.17) is 4.74 Å². The Morgan fingerprint density at radius 1 is 1.10 bits per heavy atom. The van der Waals surface area contributed by atoms with Crippen LogP contribution in [0.25, 0.3) is 0 Å². The minimum Gasteiger partial charge on any atom is -0.457 e. The number of urea groups is 1. The van der Waals surface area contributed by atoms with Gasteiger partial charge in [0, 0.05) is 19.1 Å². The predicted octanol–water partition coefficient (Wildman–Crippen LogP) is 3.13. The van der Waals surface area contributed by atoms with Crippen molar-refractivity contribution in [1.29, 1.82) is 0 Å². The first-order chi connectivity index (χ1) is 14.4. The molecule has 2 atom stereocenters. The van der Waals surface area contributed by atoms with Gasteiger partial charge in [-0.1, -0.05) is 30.3 Å². The average molecular weight is 432 g/mol. The lowest BCUT2D eigenvalue weighted by molar-refractivity contribution is 0.134. The monoisotopic (exact) mass is 431 g/mol. The average Bonchev–Trinajstić information content (AvgIpc) is 2.70. The van der Waals surface area contributed by atoms with Gasteiger partial charge in [-0.3, -0.25) is 0 Å². The highest BCUT2D eigenvalue weighted by atomic mass is 32.2. The third-order valence-electron chi connectivity index (χ3n) is 5.08. The second kappa shape index (κ2) is 9.95. The maximum Gasteiger partial charge on any atom is 0.317 e. The van der Waals surface area contributed by atoms with Gasteiger partial charge in [0.1, 0.15) is 11.5 Å². The molecule has 0 radical (unpaired) electrons. The largest absolute Gasteiger partial charge is 0.457 e. The molecule has 162 valence electrons. The van der Waals surface area contributed by atoms with Crippen LogP contribution in [-0.4, -0.2) is 50.8 Å². The van der Waals surface area contributed by atoms with E-state index in [2.05, 4.69) is 10.0 Å². The molecule has 2 amide bonds. The number of sulfonamides is 1. The molecule has 0 bridgehead atoms. The van der Waals surface area contributed by atoms with Gasteiger partial charge in [0.15, 0.2) is 0 Å². The van der Waals surface area contributed by atoms with E-state index in [9.17, 15) is 13.2 Å². The summed E-state index contributed by atoms with van der Waals surface area (Å²) in [7, 11) is -3.38. The fraction of sp³-hybridized carbons (Fsp3) is 0.409. The van der Waals surface area contributed by atoms with Crippen molar-refractivity contribution < 1.29 is 17.9 Å².